The molecule has 1 amide bonds. The standard InChI is InChI=1S/C23H27N3O5/c1-14-11-17(24)22-18(25-14)5-4-6-20(22)31-13-15(2)26-23(28)16-7-8-19(30-10-9-27)21(12-16)29-3/h4-8,11-12,15,27H,9-10,13H2,1-3H3,(H2,24,25)(H,26,28)/t15-/m0/s1. The van der Waals surface area contributed by atoms with E-state index in [2.05, 4.69) is 10.3 Å². The van der Waals surface area contributed by atoms with Gasteiger partial charge in [0, 0.05) is 16.9 Å². The van der Waals surface area contributed by atoms with E-state index in [0.717, 1.165) is 16.6 Å². The number of fused-ring (bicyclic) bond motifs is 1. The van der Waals surface area contributed by atoms with Gasteiger partial charge in [0.25, 0.3) is 5.91 Å². The number of aliphatic hydroxyl groups excluding tert-OH is 1. The largest absolute Gasteiger partial charge is 0.493 e. The maximum absolute atomic E-state index is 12.6. The van der Waals surface area contributed by atoms with Gasteiger partial charge in [0.1, 0.15) is 19.0 Å². The number of nitrogens with two attached hydrogens (primary N) is 1. The Labute approximate surface area is 180 Å². The van der Waals surface area contributed by atoms with Crippen molar-refractivity contribution >= 4 is 22.5 Å². The van der Waals surface area contributed by atoms with Gasteiger partial charge in [-0.1, -0.05) is 6.07 Å². The quantitative estimate of drug-likeness (QED) is 0.483. The van der Waals surface area contributed by atoms with E-state index in [1.54, 1.807) is 18.2 Å². The van der Waals surface area contributed by atoms with Gasteiger partial charge in [0.15, 0.2) is 11.5 Å². The molecule has 0 aliphatic heterocycles. The third kappa shape index (κ3) is 5.35. The first-order valence-electron chi connectivity index (χ1n) is 9.94. The Morgan fingerprint density at radius 2 is 1.97 bits per heavy atom. The van der Waals surface area contributed by atoms with Crippen LogP contribution in [0.15, 0.2) is 42.5 Å². The molecule has 1 aromatic heterocycles. The molecule has 2 aromatic carbocycles. The first-order chi connectivity index (χ1) is 14.9. The Morgan fingerprint density at radius 3 is 2.71 bits per heavy atom. The number of rotatable bonds is 9. The normalized spacial score (nSPS) is 11.7. The number of carbonyl (C=O) groups excluding carboxylic acids is 1. The number of methoxy groups -OCH3 is 1. The van der Waals surface area contributed by atoms with Crippen molar-refractivity contribution in [3.8, 4) is 17.2 Å². The van der Waals surface area contributed by atoms with Crippen molar-refractivity contribution in [3.05, 3.63) is 53.7 Å². The van der Waals surface area contributed by atoms with Crippen molar-refractivity contribution in [1.29, 1.82) is 0 Å². The molecule has 1 atom stereocenters. The molecular formula is C23H27N3O5. The Balaban J connectivity index is 1.66. The number of carbonyl (C=O) groups is 1. The second kappa shape index (κ2) is 9.99. The van der Waals surface area contributed by atoms with Crippen molar-refractivity contribution in [2.24, 2.45) is 0 Å². The molecule has 0 saturated heterocycles. The molecular weight excluding hydrogens is 398 g/mol. The Morgan fingerprint density at radius 1 is 1.16 bits per heavy atom. The van der Waals surface area contributed by atoms with Crippen molar-refractivity contribution in [3.63, 3.8) is 0 Å². The molecule has 0 spiro atoms. The van der Waals surface area contributed by atoms with Gasteiger partial charge in [-0.25, -0.2) is 0 Å². The van der Waals surface area contributed by atoms with Crippen molar-refractivity contribution in [2.45, 2.75) is 19.9 Å². The van der Waals surface area contributed by atoms with Gasteiger partial charge in [-0.3, -0.25) is 9.78 Å². The fourth-order valence-electron chi connectivity index (χ4n) is 3.19. The summed E-state index contributed by atoms with van der Waals surface area (Å²) in [4.78, 5) is 17.1. The van der Waals surface area contributed by atoms with Crippen LogP contribution in [0.4, 0.5) is 5.69 Å². The number of hydrogen-bond acceptors (Lipinski definition) is 7. The summed E-state index contributed by atoms with van der Waals surface area (Å²) in [6, 6.07) is 12.0. The smallest absolute Gasteiger partial charge is 0.251 e. The number of anilines is 1. The third-order valence-electron chi connectivity index (χ3n) is 4.60. The minimum atomic E-state index is -0.266. The SMILES string of the molecule is COc1cc(C(=O)N[C@@H](C)COc2cccc3nc(C)cc(N)c23)ccc1OCCO. The van der Waals surface area contributed by atoms with Crippen LogP contribution in [0.25, 0.3) is 10.9 Å². The van der Waals surface area contributed by atoms with Crippen LogP contribution < -0.4 is 25.3 Å². The number of aryl methyl sites for hydroxylation is 1. The number of nitrogens with one attached hydrogen (secondary N) is 1. The predicted molar refractivity (Wildman–Crippen MR) is 119 cm³/mol. The van der Waals surface area contributed by atoms with E-state index >= 15 is 0 Å². The predicted octanol–water partition coefficient (Wildman–Crippen LogP) is 2.70. The summed E-state index contributed by atoms with van der Waals surface area (Å²) in [6.45, 7) is 4.03. The van der Waals surface area contributed by atoms with Crippen LogP contribution >= 0.6 is 0 Å². The highest BCUT2D eigenvalue weighted by molar-refractivity contribution is 5.96. The maximum atomic E-state index is 12.6. The molecule has 0 radical (unpaired) electrons. The molecule has 31 heavy (non-hydrogen) atoms. The van der Waals surface area contributed by atoms with Gasteiger partial charge < -0.3 is 30.4 Å². The van der Waals surface area contributed by atoms with Gasteiger partial charge >= 0.3 is 0 Å². The third-order valence-corrected chi connectivity index (χ3v) is 4.60. The summed E-state index contributed by atoms with van der Waals surface area (Å²) < 4.78 is 16.6. The molecule has 0 aliphatic rings. The topological polar surface area (TPSA) is 116 Å². The fraction of sp³-hybridized carbons (Fsp3) is 0.304. The molecule has 3 rings (SSSR count). The molecule has 0 aliphatic carbocycles. The number of amides is 1. The number of aromatic nitrogens is 1. The van der Waals surface area contributed by atoms with Gasteiger partial charge in [-0.05, 0) is 50.2 Å². The number of aliphatic hydroxyl groups is 1. The molecule has 4 N–H and O–H groups in total. The first-order valence-corrected chi connectivity index (χ1v) is 9.94. The van der Waals surface area contributed by atoms with Crippen LogP contribution in [0.1, 0.15) is 23.0 Å². The van der Waals surface area contributed by atoms with E-state index < -0.39 is 0 Å². The van der Waals surface area contributed by atoms with E-state index in [9.17, 15) is 4.79 Å². The zero-order valence-corrected chi connectivity index (χ0v) is 17.8. The number of pyridine rings is 1. The molecule has 1 heterocycles. The number of benzene rings is 2. The summed E-state index contributed by atoms with van der Waals surface area (Å²) in [5.74, 6) is 1.23. The highest BCUT2D eigenvalue weighted by Crippen LogP contribution is 2.30. The zero-order valence-electron chi connectivity index (χ0n) is 17.8. The van der Waals surface area contributed by atoms with E-state index in [1.807, 2.05) is 38.1 Å². The first kappa shape index (κ1) is 22.2. The molecule has 0 bridgehead atoms. The Bertz CT molecular complexity index is 1070. The molecule has 164 valence electrons. The maximum Gasteiger partial charge on any atom is 0.251 e. The summed E-state index contributed by atoms with van der Waals surface area (Å²) >= 11 is 0. The molecule has 8 heteroatoms. The van der Waals surface area contributed by atoms with E-state index in [-0.39, 0.29) is 31.8 Å². The number of nitrogen functional groups attached to an aromatic ring is 1. The van der Waals surface area contributed by atoms with Crippen molar-refractivity contribution in [1.82, 2.24) is 10.3 Å². The lowest BCUT2D eigenvalue weighted by Crippen LogP contribution is -2.36. The van der Waals surface area contributed by atoms with Gasteiger partial charge in [-0.2, -0.15) is 0 Å². The zero-order chi connectivity index (χ0) is 22.4. The molecule has 8 nitrogen and oxygen atoms in total. The molecule has 3 aromatic rings. The summed E-state index contributed by atoms with van der Waals surface area (Å²) in [5.41, 5.74) is 8.80. The monoisotopic (exact) mass is 425 g/mol. The van der Waals surface area contributed by atoms with Crippen LogP contribution in [-0.4, -0.2) is 49.0 Å². The number of hydrogen-bond donors (Lipinski definition) is 3. The number of nitrogens with zero attached hydrogens (tertiary/aromatic N) is 1. The van der Waals surface area contributed by atoms with Gasteiger partial charge in [-0.15, -0.1) is 0 Å². The fourth-order valence-corrected chi connectivity index (χ4v) is 3.19. The average molecular weight is 425 g/mol. The molecule has 0 unspecified atom stereocenters. The average Bonchev–Trinajstić information content (AvgIpc) is 2.75. The lowest BCUT2D eigenvalue weighted by atomic mass is 10.1. The van der Waals surface area contributed by atoms with E-state index in [1.165, 1.54) is 7.11 Å². The highest BCUT2D eigenvalue weighted by Gasteiger charge is 2.15. The minimum absolute atomic E-state index is 0.110. The van der Waals surface area contributed by atoms with Crippen LogP contribution in [0.5, 0.6) is 17.2 Å². The Kier molecular flexibility index (Phi) is 7.15. The van der Waals surface area contributed by atoms with Crippen molar-refractivity contribution < 1.29 is 24.1 Å². The second-order valence-electron chi connectivity index (χ2n) is 7.13. The summed E-state index contributed by atoms with van der Waals surface area (Å²) in [6.07, 6.45) is 0. The molecule has 0 fully saturated rings. The minimum Gasteiger partial charge on any atom is -0.493 e. The van der Waals surface area contributed by atoms with Gasteiger partial charge in [0.05, 0.1) is 30.7 Å². The van der Waals surface area contributed by atoms with Crippen LogP contribution in [0.2, 0.25) is 0 Å². The lowest BCUT2D eigenvalue weighted by molar-refractivity contribution is 0.0926. The van der Waals surface area contributed by atoms with E-state index in [4.69, 9.17) is 25.1 Å². The van der Waals surface area contributed by atoms with Crippen LogP contribution in [0, 0.1) is 6.92 Å². The van der Waals surface area contributed by atoms with Crippen LogP contribution in [0.3, 0.4) is 0 Å². The van der Waals surface area contributed by atoms with Crippen molar-refractivity contribution in [2.75, 3.05) is 32.7 Å². The number of ether oxygens (including phenoxy) is 3. The van der Waals surface area contributed by atoms with E-state index in [0.29, 0.717) is 28.5 Å². The second-order valence-corrected chi connectivity index (χ2v) is 7.13. The van der Waals surface area contributed by atoms with Crippen LogP contribution in [-0.2, 0) is 0 Å². The van der Waals surface area contributed by atoms with Gasteiger partial charge in [0.2, 0.25) is 0 Å². The summed E-state index contributed by atoms with van der Waals surface area (Å²) in [5, 5.41) is 12.6. The molecule has 0 saturated carbocycles. The summed E-state index contributed by atoms with van der Waals surface area (Å²) in [7, 11) is 1.49. The Hall–Kier alpha value is -3.52. The lowest BCUT2D eigenvalue weighted by Gasteiger charge is -2.17. The highest BCUT2D eigenvalue weighted by atomic mass is 16.5.